The molecule has 0 aliphatic carbocycles. The third kappa shape index (κ3) is 2.58. The van der Waals surface area contributed by atoms with E-state index in [1.165, 1.54) is 21.3 Å². The van der Waals surface area contributed by atoms with Crippen molar-refractivity contribution in [2.45, 2.75) is 0 Å². The van der Waals surface area contributed by atoms with Crippen LogP contribution in [0.2, 0.25) is 0 Å². The molecular weight excluding hydrogens is 274 g/mol. The smallest absolute Gasteiger partial charge is 0.373 e. The zero-order valence-electron chi connectivity index (χ0n) is 12.0. The van der Waals surface area contributed by atoms with Gasteiger partial charge in [-0.15, -0.1) is 6.42 Å². The minimum Gasteiger partial charge on any atom is -0.494 e. The first-order valence-electron chi connectivity index (χ1n) is 6.10. The van der Waals surface area contributed by atoms with E-state index < -0.39 is 5.97 Å². The Labute approximate surface area is 122 Å². The number of terminal acetylenes is 1. The lowest BCUT2D eigenvalue weighted by atomic mass is 10.2. The van der Waals surface area contributed by atoms with Crippen LogP contribution in [0.4, 0.5) is 5.69 Å². The molecule has 0 radical (unpaired) electrons. The first-order valence-corrected chi connectivity index (χ1v) is 6.10. The zero-order valence-corrected chi connectivity index (χ0v) is 12.0. The van der Waals surface area contributed by atoms with Gasteiger partial charge >= 0.3 is 5.97 Å². The molecule has 6 heteroatoms. The third-order valence-corrected chi connectivity index (χ3v) is 2.91. The number of furan rings is 1. The van der Waals surface area contributed by atoms with Crippen LogP contribution < -0.4 is 14.8 Å². The highest BCUT2D eigenvalue weighted by molar-refractivity contribution is 6.00. The molecule has 0 unspecified atom stereocenters. The molecule has 1 heterocycles. The van der Waals surface area contributed by atoms with Gasteiger partial charge in [0.2, 0.25) is 5.76 Å². The summed E-state index contributed by atoms with van der Waals surface area (Å²) < 4.78 is 20.8. The third-order valence-electron chi connectivity index (χ3n) is 2.91. The van der Waals surface area contributed by atoms with Crippen molar-refractivity contribution in [1.82, 2.24) is 0 Å². The van der Waals surface area contributed by atoms with Gasteiger partial charge in [0, 0.05) is 12.1 Å². The van der Waals surface area contributed by atoms with Crippen LogP contribution in [-0.2, 0) is 4.74 Å². The normalized spacial score (nSPS) is 10.0. The Balaban J connectivity index is 2.67. The molecule has 2 aromatic rings. The molecule has 0 saturated carbocycles. The van der Waals surface area contributed by atoms with Crippen LogP contribution in [0.3, 0.4) is 0 Å². The van der Waals surface area contributed by atoms with Gasteiger partial charge in [-0.3, -0.25) is 0 Å². The predicted octanol–water partition coefficient (Wildman–Crippen LogP) is 2.28. The van der Waals surface area contributed by atoms with E-state index in [1.54, 1.807) is 12.1 Å². The molecule has 110 valence electrons. The topological polar surface area (TPSA) is 69.9 Å². The number of carbonyl (C=O) groups excluding carboxylic acids is 1. The number of methoxy groups -OCH3 is 3. The molecule has 0 saturated heterocycles. The molecule has 1 N–H and O–H groups in total. The van der Waals surface area contributed by atoms with Crippen molar-refractivity contribution in [3.05, 3.63) is 17.9 Å². The fourth-order valence-corrected chi connectivity index (χ4v) is 2.00. The molecular formula is C15H15NO5. The van der Waals surface area contributed by atoms with E-state index in [1.807, 2.05) is 0 Å². The van der Waals surface area contributed by atoms with E-state index in [2.05, 4.69) is 16.0 Å². The summed E-state index contributed by atoms with van der Waals surface area (Å²) in [6.45, 7) is 0.326. The van der Waals surface area contributed by atoms with Crippen LogP contribution in [0.15, 0.2) is 16.5 Å². The summed E-state index contributed by atoms with van der Waals surface area (Å²) in [5.41, 5.74) is 1.05. The summed E-state index contributed by atoms with van der Waals surface area (Å²) >= 11 is 0. The summed E-state index contributed by atoms with van der Waals surface area (Å²) in [7, 11) is 4.31. The average molecular weight is 289 g/mol. The minimum atomic E-state index is -0.576. The van der Waals surface area contributed by atoms with Crippen molar-refractivity contribution in [2.75, 3.05) is 33.2 Å². The van der Waals surface area contributed by atoms with Crippen molar-refractivity contribution in [3.63, 3.8) is 0 Å². The molecule has 21 heavy (non-hydrogen) atoms. The molecule has 2 rings (SSSR count). The van der Waals surface area contributed by atoms with Gasteiger partial charge in [0.15, 0.2) is 17.1 Å². The Morgan fingerprint density at radius 1 is 1.33 bits per heavy atom. The molecule has 0 amide bonds. The molecule has 0 aliphatic rings. The monoisotopic (exact) mass is 289 g/mol. The number of hydrogen-bond acceptors (Lipinski definition) is 6. The standard InChI is InChI=1S/C15H15NO5/c1-5-6-16-10-8-11(18-2)14-9(13(10)19-3)7-12(21-14)15(17)20-4/h1,7-8,16H,6H2,2-4H3. The Kier molecular flexibility index (Phi) is 4.24. The second-order valence-electron chi connectivity index (χ2n) is 4.06. The number of esters is 1. The van der Waals surface area contributed by atoms with Crippen molar-refractivity contribution in [2.24, 2.45) is 0 Å². The Morgan fingerprint density at radius 3 is 2.67 bits per heavy atom. The number of hydrogen-bond donors (Lipinski definition) is 1. The van der Waals surface area contributed by atoms with E-state index in [4.69, 9.17) is 20.3 Å². The van der Waals surface area contributed by atoms with E-state index in [0.29, 0.717) is 34.7 Å². The van der Waals surface area contributed by atoms with Crippen LogP contribution in [0.25, 0.3) is 11.0 Å². The first kappa shape index (κ1) is 14.6. The molecule has 0 fully saturated rings. The lowest BCUT2D eigenvalue weighted by molar-refractivity contribution is 0.0567. The summed E-state index contributed by atoms with van der Waals surface area (Å²) in [6.07, 6.45) is 5.25. The maximum Gasteiger partial charge on any atom is 0.373 e. The van der Waals surface area contributed by atoms with Crippen LogP contribution in [0.5, 0.6) is 11.5 Å². The van der Waals surface area contributed by atoms with Crippen LogP contribution in [-0.4, -0.2) is 33.8 Å². The van der Waals surface area contributed by atoms with Crippen molar-refractivity contribution in [3.8, 4) is 23.8 Å². The minimum absolute atomic E-state index is 0.0678. The lowest BCUT2D eigenvalue weighted by Crippen LogP contribution is -2.01. The summed E-state index contributed by atoms with van der Waals surface area (Å²) in [5.74, 6) is 2.95. The highest BCUT2D eigenvalue weighted by atomic mass is 16.5. The van der Waals surface area contributed by atoms with Gasteiger partial charge in [-0.25, -0.2) is 4.79 Å². The zero-order chi connectivity index (χ0) is 15.4. The SMILES string of the molecule is C#CCNc1cc(OC)c2oc(C(=O)OC)cc2c1OC. The molecule has 1 aromatic heterocycles. The van der Waals surface area contributed by atoms with E-state index in [0.717, 1.165) is 0 Å². The number of benzene rings is 1. The number of nitrogens with one attached hydrogen (secondary N) is 1. The number of anilines is 1. The van der Waals surface area contributed by atoms with Crippen LogP contribution >= 0.6 is 0 Å². The highest BCUT2D eigenvalue weighted by Gasteiger charge is 2.21. The Bertz CT molecular complexity index is 711. The summed E-state index contributed by atoms with van der Waals surface area (Å²) in [5, 5.41) is 3.63. The number of carbonyl (C=O) groups is 1. The van der Waals surface area contributed by atoms with Gasteiger partial charge in [-0.2, -0.15) is 0 Å². The number of rotatable bonds is 5. The molecule has 0 bridgehead atoms. The number of fused-ring (bicyclic) bond motifs is 1. The Morgan fingerprint density at radius 2 is 2.10 bits per heavy atom. The van der Waals surface area contributed by atoms with Gasteiger partial charge in [-0.05, 0) is 0 Å². The van der Waals surface area contributed by atoms with Crippen molar-refractivity contribution >= 4 is 22.6 Å². The maximum atomic E-state index is 11.6. The molecule has 0 atom stereocenters. The van der Waals surface area contributed by atoms with Crippen molar-refractivity contribution in [1.29, 1.82) is 0 Å². The summed E-state index contributed by atoms with van der Waals surface area (Å²) in [4.78, 5) is 11.6. The van der Waals surface area contributed by atoms with Gasteiger partial charge in [0.1, 0.15) is 0 Å². The van der Waals surface area contributed by atoms with E-state index in [9.17, 15) is 4.79 Å². The largest absolute Gasteiger partial charge is 0.494 e. The average Bonchev–Trinajstić information content (AvgIpc) is 2.95. The second-order valence-corrected chi connectivity index (χ2v) is 4.06. The predicted molar refractivity (Wildman–Crippen MR) is 78.0 cm³/mol. The van der Waals surface area contributed by atoms with Gasteiger partial charge < -0.3 is 23.9 Å². The fraction of sp³-hybridized carbons (Fsp3) is 0.267. The molecule has 1 aromatic carbocycles. The maximum absolute atomic E-state index is 11.6. The van der Waals surface area contributed by atoms with Gasteiger partial charge in [0.05, 0.1) is 38.9 Å². The van der Waals surface area contributed by atoms with Gasteiger partial charge in [-0.1, -0.05) is 5.92 Å². The summed E-state index contributed by atoms with van der Waals surface area (Å²) in [6, 6.07) is 3.24. The van der Waals surface area contributed by atoms with Crippen molar-refractivity contribution < 1.29 is 23.4 Å². The first-order chi connectivity index (χ1) is 10.2. The highest BCUT2D eigenvalue weighted by Crippen LogP contribution is 2.41. The van der Waals surface area contributed by atoms with Gasteiger partial charge in [0.25, 0.3) is 0 Å². The van der Waals surface area contributed by atoms with E-state index in [-0.39, 0.29) is 5.76 Å². The second kappa shape index (κ2) is 6.09. The van der Waals surface area contributed by atoms with Crippen LogP contribution in [0.1, 0.15) is 10.6 Å². The van der Waals surface area contributed by atoms with E-state index >= 15 is 0 Å². The quantitative estimate of drug-likeness (QED) is 0.672. The Hall–Kier alpha value is -2.81. The van der Waals surface area contributed by atoms with Crippen LogP contribution in [0, 0.1) is 12.3 Å². The molecule has 6 nitrogen and oxygen atoms in total. The molecule has 0 spiro atoms. The number of ether oxygens (including phenoxy) is 3. The fourth-order valence-electron chi connectivity index (χ4n) is 2.00. The lowest BCUT2D eigenvalue weighted by Gasteiger charge is -2.12. The molecule has 0 aliphatic heterocycles.